The Bertz CT molecular complexity index is 742. The third-order valence-corrected chi connectivity index (χ3v) is 5.35. The maximum absolute atomic E-state index is 13.1. The Morgan fingerprint density at radius 1 is 1.27 bits per heavy atom. The van der Waals surface area contributed by atoms with Gasteiger partial charge in [0, 0.05) is 13.1 Å². The summed E-state index contributed by atoms with van der Waals surface area (Å²) in [5.41, 5.74) is 0.443. The minimum absolute atomic E-state index is 0.177. The molecule has 7 nitrogen and oxygen atoms in total. The number of benzene rings is 1. The molecule has 0 radical (unpaired) electrons. The molecule has 4 amide bonds. The first-order chi connectivity index (χ1) is 12.4. The van der Waals surface area contributed by atoms with Gasteiger partial charge in [0.1, 0.15) is 17.8 Å². The molecule has 26 heavy (non-hydrogen) atoms. The summed E-state index contributed by atoms with van der Waals surface area (Å²) in [5, 5.41) is 2.82. The van der Waals surface area contributed by atoms with Gasteiger partial charge in [0.2, 0.25) is 5.91 Å². The minimum Gasteiger partial charge on any atom is -0.496 e. The van der Waals surface area contributed by atoms with Crippen molar-refractivity contribution < 1.29 is 19.1 Å². The van der Waals surface area contributed by atoms with Gasteiger partial charge in [-0.15, -0.1) is 0 Å². The second-order valence-electron chi connectivity index (χ2n) is 6.85. The summed E-state index contributed by atoms with van der Waals surface area (Å²) in [6, 6.07) is 4.92. The Labute approximate surface area is 153 Å². The summed E-state index contributed by atoms with van der Waals surface area (Å²) in [5.74, 6) is 0.170. The molecular weight excluding hydrogens is 334 g/mol. The summed E-state index contributed by atoms with van der Waals surface area (Å²) in [6.45, 7) is 4.92. The van der Waals surface area contributed by atoms with Crippen LogP contribution in [0.4, 0.5) is 4.79 Å². The molecule has 3 rings (SSSR count). The van der Waals surface area contributed by atoms with Crippen LogP contribution in [0.2, 0.25) is 0 Å². The molecule has 2 saturated heterocycles. The number of nitrogens with one attached hydrogen (secondary N) is 1. The number of carbonyl (C=O) groups excluding carboxylic acids is 3. The van der Waals surface area contributed by atoms with Crippen LogP contribution in [0.1, 0.15) is 37.3 Å². The Kier molecular flexibility index (Phi) is 4.89. The summed E-state index contributed by atoms with van der Waals surface area (Å²) < 4.78 is 5.27. The Balaban J connectivity index is 1.86. The fourth-order valence-corrected chi connectivity index (χ4v) is 3.75. The number of hydrogen-bond acceptors (Lipinski definition) is 4. The van der Waals surface area contributed by atoms with E-state index >= 15 is 0 Å². The van der Waals surface area contributed by atoms with Crippen LogP contribution in [0.25, 0.3) is 0 Å². The van der Waals surface area contributed by atoms with Gasteiger partial charge in [-0.1, -0.05) is 13.0 Å². The van der Waals surface area contributed by atoms with Gasteiger partial charge < -0.3 is 15.0 Å². The number of aryl methyl sites for hydroxylation is 1. The van der Waals surface area contributed by atoms with E-state index in [0.29, 0.717) is 25.1 Å². The van der Waals surface area contributed by atoms with Crippen LogP contribution in [-0.4, -0.2) is 54.4 Å². The van der Waals surface area contributed by atoms with Crippen molar-refractivity contribution in [3.05, 3.63) is 29.3 Å². The van der Waals surface area contributed by atoms with Gasteiger partial charge in [0.05, 0.1) is 7.11 Å². The van der Waals surface area contributed by atoms with Crippen molar-refractivity contribution in [3.8, 4) is 5.75 Å². The van der Waals surface area contributed by atoms with E-state index in [1.54, 1.807) is 24.1 Å². The van der Waals surface area contributed by atoms with Crippen LogP contribution < -0.4 is 10.1 Å². The fraction of sp³-hybridized carbons (Fsp3) is 0.526. The first-order valence-electron chi connectivity index (χ1n) is 9.00. The normalized spacial score (nSPS) is 22.7. The number of amides is 4. The maximum atomic E-state index is 13.1. The Hall–Kier alpha value is -2.57. The molecular formula is C19H25N3O4. The molecule has 1 N–H and O–H groups in total. The average molecular weight is 359 g/mol. The molecule has 0 aliphatic carbocycles. The molecule has 0 saturated carbocycles. The van der Waals surface area contributed by atoms with Crippen molar-refractivity contribution in [3.63, 3.8) is 0 Å². The summed E-state index contributed by atoms with van der Waals surface area (Å²) in [4.78, 5) is 40.8. The van der Waals surface area contributed by atoms with Gasteiger partial charge in [-0.05, 0) is 49.4 Å². The lowest BCUT2D eigenvalue weighted by molar-refractivity contribution is -0.138. The van der Waals surface area contributed by atoms with Gasteiger partial charge in [0.25, 0.3) is 5.91 Å². The largest absolute Gasteiger partial charge is 0.496 e. The lowest BCUT2D eigenvalue weighted by Gasteiger charge is -2.27. The molecule has 2 heterocycles. The Morgan fingerprint density at radius 3 is 2.54 bits per heavy atom. The number of nitrogens with zero attached hydrogens (tertiary/aromatic N) is 2. The maximum Gasteiger partial charge on any atom is 0.325 e. The molecule has 7 heteroatoms. The SMILES string of the molecule is CCC1(c2ccc(OC)c(C)c2)NC(=O)N(CC(=O)N2CCCC2)C1=O. The minimum atomic E-state index is -1.14. The van der Waals surface area contributed by atoms with Crippen LogP contribution in [0.3, 0.4) is 0 Å². The third kappa shape index (κ3) is 2.91. The van der Waals surface area contributed by atoms with E-state index in [2.05, 4.69) is 5.32 Å². The molecule has 1 unspecified atom stereocenters. The number of imide groups is 1. The molecule has 1 atom stereocenters. The van der Waals surface area contributed by atoms with E-state index in [9.17, 15) is 14.4 Å². The topological polar surface area (TPSA) is 79.0 Å². The highest BCUT2D eigenvalue weighted by Gasteiger charge is 2.52. The predicted octanol–water partition coefficient (Wildman–Crippen LogP) is 1.78. The number of carbonyl (C=O) groups is 3. The van der Waals surface area contributed by atoms with Gasteiger partial charge in [-0.3, -0.25) is 14.5 Å². The van der Waals surface area contributed by atoms with Crippen molar-refractivity contribution in [1.82, 2.24) is 15.1 Å². The highest BCUT2D eigenvalue weighted by atomic mass is 16.5. The fourth-order valence-electron chi connectivity index (χ4n) is 3.75. The summed E-state index contributed by atoms with van der Waals surface area (Å²) in [6.07, 6.45) is 2.34. The van der Waals surface area contributed by atoms with E-state index in [0.717, 1.165) is 29.1 Å². The number of likely N-dealkylation sites (tertiary alicyclic amines) is 1. The molecule has 0 bridgehead atoms. The molecule has 1 aromatic carbocycles. The van der Waals surface area contributed by atoms with Gasteiger partial charge in [-0.2, -0.15) is 0 Å². The second kappa shape index (κ2) is 6.97. The average Bonchev–Trinajstić information content (AvgIpc) is 3.25. The third-order valence-electron chi connectivity index (χ3n) is 5.35. The van der Waals surface area contributed by atoms with E-state index in [4.69, 9.17) is 4.74 Å². The monoisotopic (exact) mass is 359 g/mol. The first-order valence-corrected chi connectivity index (χ1v) is 9.00. The molecule has 2 aliphatic heterocycles. The van der Waals surface area contributed by atoms with Crippen molar-refractivity contribution in [2.24, 2.45) is 0 Å². The van der Waals surface area contributed by atoms with Crippen molar-refractivity contribution in [1.29, 1.82) is 0 Å². The number of rotatable bonds is 5. The van der Waals surface area contributed by atoms with Crippen molar-refractivity contribution >= 4 is 17.8 Å². The number of methoxy groups -OCH3 is 1. The van der Waals surface area contributed by atoms with Gasteiger partial charge in [0.15, 0.2) is 0 Å². The summed E-state index contributed by atoms with van der Waals surface area (Å²) >= 11 is 0. The summed E-state index contributed by atoms with van der Waals surface area (Å²) in [7, 11) is 1.59. The molecule has 1 aromatic rings. The number of urea groups is 1. The molecule has 140 valence electrons. The van der Waals surface area contributed by atoms with Crippen molar-refractivity contribution in [2.75, 3.05) is 26.7 Å². The second-order valence-corrected chi connectivity index (χ2v) is 6.85. The lowest BCUT2D eigenvalue weighted by atomic mass is 9.86. The van der Waals surface area contributed by atoms with Crippen LogP contribution in [0.5, 0.6) is 5.75 Å². The van der Waals surface area contributed by atoms with E-state index in [1.807, 2.05) is 19.9 Å². The first kappa shape index (κ1) is 18.2. The van der Waals surface area contributed by atoms with E-state index < -0.39 is 11.6 Å². The smallest absolute Gasteiger partial charge is 0.325 e. The Morgan fingerprint density at radius 2 is 1.96 bits per heavy atom. The zero-order chi connectivity index (χ0) is 18.9. The molecule has 2 aliphatic rings. The number of ether oxygens (including phenoxy) is 1. The van der Waals surface area contributed by atoms with Crippen LogP contribution >= 0.6 is 0 Å². The predicted molar refractivity (Wildman–Crippen MR) is 95.8 cm³/mol. The van der Waals surface area contributed by atoms with Crippen LogP contribution in [0, 0.1) is 6.92 Å². The van der Waals surface area contributed by atoms with E-state index in [1.165, 1.54) is 0 Å². The highest BCUT2D eigenvalue weighted by molar-refractivity contribution is 6.09. The molecule has 0 aromatic heterocycles. The molecule has 2 fully saturated rings. The van der Waals surface area contributed by atoms with Crippen LogP contribution in [-0.2, 0) is 15.1 Å². The van der Waals surface area contributed by atoms with Crippen LogP contribution in [0.15, 0.2) is 18.2 Å². The van der Waals surface area contributed by atoms with Crippen molar-refractivity contribution in [2.45, 2.75) is 38.6 Å². The zero-order valence-electron chi connectivity index (χ0n) is 15.5. The van der Waals surface area contributed by atoms with Gasteiger partial charge in [-0.25, -0.2) is 4.79 Å². The quantitative estimate of drug-likeness (QED) is 0.813. The zero-order valence-corrected chi connectivity index (χ0v) is 15.5. The van der Waals surface area contributed by atoms with Gasteiger partial charge >= 0.3 is 6.03 Å². The highest BCUT2D eigenvalue weighted by Crippen LogP contribution is 2.34. The lowest BCUT2D eigenvalue weighted by Crippen LogP contribution is -2.45. The van der Waals surface area contributed by atoms with E-state index in [-0.39, 0.29) is 18.4 Å². The molecule has 0 spiro atoms. The standard InChI is InChI=1S/C19H25N3O4/c1-4-19(14-7-8-15(26-3)13(2)11-14)17(24)22(18(25)20-19)12-16(23)21-9-5-6-10-21/h7-8,11H,4-6,9-10,12H2,1-3H3,(H,20,25). The number of hydrogen-bond donors (Lipinski definition) is 1.